The SMILES string of the molecule is Cc1nc(C2CC3CCC(C2)N3C)sc1CC(=O)O. The van der Waals surface area contributed by atoms with E-state index < -0.39 is 5.97 Å². The molecule has 3 heterocycles. The van der Waals surface area contributed by atoms with Gasteiger partial charge in [-0.1, -0.05) is 0 Å². The maximum Gasteiger partial charge on any atom is 0.308 e. The average Bonchev–Trinajstić information content (AvgIpc) is 2.77. The number of piperidine rings is 1. The first-order valence-corrected chi connectivity index (χ1v) is 7.76. The first-order chi connectivity index (χ1) is 9.04. The highest BCUT2D eigenvalue weighted by Crippen LogP contribution is 2.43. The molecule has 1 aromatic rings. The highest BCUT2D eigenvalue weighted by atomic mass is 32.1. The number of thiazole rings is 1. The lowest BCUT2D eigenvalue weighted by Crippen LogP contribution is -2.39. The van der Waals surface area contributed by atoms with Crippen LogP contribution in [0.15, 0.2) is 0 Å². The maximum atomic E-state index is 10.8. The van der Waals surface area contributed by atoms with Crippen molar-refractivity contribution in [2.45, 2.75) is 57.0 Å². The van der Waals surface area contributed by atoms with Crippen LogP contribution in [-0.4, -0.2) is 40.1 Å². The predicted octanol–water partition coefficient (Wildman–Crippen LogP) is 2.42. The van der Waals surface area contributed by atoms with Crippen molar-refractivity contribution < 1.29 is 9.90 Å². The second-order valence-electron chi connectivity index (χ2n) is 5.85. The van der Waals surface area contributed by atoms with Gasteiger partial charge in [-0.2, -0.15) is 0 Å². The number of fused-ring (bicyclic) bond motifs is 2. The largest absolute Gasteiger partial charge is 0.481 e. The number of aliphatic carboxylic acids is 1. The van der Waals surface area contributed by atoms with Crippen molar-refractivity contribution >= 4 is 17.3 Å². The van der Waals surface area contributed by atoms with E-state index >= 15 is 0 Å². The van der Waals surface area contributed by atoms with Crippen LogP contribution in [-0.2, 0) is 11.2 Å². The van der Waals surface area contributed by atoms with Gasteiger partial charge in [0.1, 0.15) is 0 Å². The van der Waals surface area contributed by atoms with Gasteiger partial charge in [0.05, 0.1) is 17.1 Å². The second-order valence-corrected chi connectivity index (χ2v) is 6.97. The Morgan fingerprint density at radius 2 is 2.05 bits per heavy atom. The summed E-state index contributed by atoms with van der Waals surface area (Å²) in [7, 11) is 2.24. The molecule has 2 unspecified atom stereocenters. The Kier molecular flexibility index (Phi) is 3.35. The Bertz CT molecular complexity index is 486. The number of hydrogen-bond donors (Lipinski definition) is 1. The summed E-state index contributed by atoms with van der Waals surface area (Å²) in [6.07, 6.45) is 5.11. The standard InChI is InChI=1S/C14H20N2O2S/c1-8-12(7-13(17)18)19-14(15-8)9-5-10-3-4-11(6-9)16(10)2/h9-11H,3-7H2,1-2H3,(H,17,18). The molecular weight excluding hydrogens is 260 g/mol. The molecule has 1 N–H and O–H groups in total. The van der Waals surface area contributed by atoms with Crippen molar-refractivity contribution in [3.05, 3.63) is 15.6 Å². The van der Waals surface area contributed by atoms with E-state index in [1.54, 1.807) is 11.3 Å². The van der Waals surface area contributed by atoms with Crippen LogP contribution < -0.4 is 0 Å². The normalized spacial score (nSPS) is 30.7. The van der Waals surface area contributed by atoms with Crippen LogP contribution in [0.2, 0.25) is 0 Å². The molecule has 0 aromatic carbocycles. The molecule has 0 saturated carbocycles. The second kappa shape index (κ2) is 4.87. The molecule has 1 aromatic heterocycles. The fourth-order valence-electron chi connectivity index (χ4n) is 3.54. The molecule has 3 rings (SSSR count). The van der Waals surface area contributed by atoms with Crippen LogP contribution in [0, 0.1) is 6.92 Å². The van der Waals surface area contributed by atoms with Gasteiger partial charge in [-0.25, -0.2) is 4.98 Å². The molecule has 2 saturated heterocycles. The number of hydrogen-bond acceptors (Lipinski definition) is 4. The van der Waals surface area contributed by atoms with E-state index in [9.17, 15) is 4.79 Å². The first-order valence-electron chi connectivity index (χ1n) is 6.94. The number of aryl methyl sites for hydroxylation is 1. The Morgan fingerprint density at radius 1 is 1.42 bits per heavy atom. The lowest BCUT2D eigenvalue weighted by Gasteiger charge is -2.35. The van der Waals surface area contributed by atoms with Crippen LogP contribution in [0.3, 0.4) is 0 Å². The van der Waals surface area contributed by atoms with Crippen LogP contribution in [0.5, 0.6) is 0 Å². The summed E-state index contributed by atoms with van der Waals surface area (Å²) < 4.78 is 0. The molecule has 2 atom stereocenters. The van der Waals surface area contributed by atoms with E-state index in [0.29, 0.717) is 18.0 Å². The van der Waals surface area contributed by atoms with Crippen molar-refractivity contribution in [2.75, 3.05) is 7.05 Å². The third-order valence-corrected chi connectivity index (χ3v) is 5.99. The lowest BCUT2D eigenvalue weighted by molar-refractivity contribution is -0.136. The fourth-order valence-corrected chi connectivity index (χ4v) is 4.72. The minimum atomic E-state index is -0.762. The van der Waals surface area contributed by atoms with Gasteiger partial charge < -0.3 is 10.0 Å². The Morgan fingerprint density at radius 3 is 2.63 bits per heavy atom. The van der Waals surface area contributed by atoms with E-state index in [1.807, 2.05) is 6.92 Å². The molecule has 104 valence electrons. The number of carbonyl (C=O) groups is 1. The third kappa shape index (κ3) is 2.41. The van der Waals surface area contributed by atoms with Gasteiger partial charge in [0.2, 0.25) is 0 Å². The van der Waals surface area contributed by atoms with Crippen molar-refractivity contribution in [2.24, 2.45) is 0 Å². The lowest BCUT2D eigenvalue weighted by atomic mass is 9.92. The summed E-state index contributed by atoms with van der Waals surface area (Å²) in [5.41, 5.74) is 0.911. The highest BCUT2D eigenvalue weighted by molar-refractivity contribution is 7.11. The third-order valence-electron chi connectivity index (χ3n) is 4.67. The van der Waals surface area contributed by atoms with E-state index in [-0.39, 0.29) is 6.42 Å². The van der Waals surface area contributed by atoms with Gasteiger partial charge in [0, 0.05) is 22.9 Å². The summed E-state index contributed by atoms with van der Waals surface area (Å²) in [6.45, 7) is 1.93. The topological polar surface area (TPSA) is 53.4 Å². The van der Waals surface area contributed by atoms with E-state index in [1.165, 1.54) is 30.7 Å². The van der Waals surface area contributed by atoms with Crippen LogP contribution >= 0.6 is 11.3 Å². The molecule has 2 aliphatic rings. The summed E-state index contributed by atoms with van der Waals surface area (Å²) in [6, 6.07) is 1.41. The molecule has 2 fully saturated rings. The van der Waals surface area contributed by atoms with Crippen LogP contribution in [0.25, 0.3) is 0 Å². The van der Waals surface area contributed by atoms with Crippen LogP contribution in [0.1, 0.15) is 47.2 Å². The predicted molar refractivity (Wildman–Crippen MR) is 74.7 cm³/mol. The van der Waals surface area contributed by atoms with Crippen molar-refractivity contribution in [3.63, 3.8) is 0 Å². The van der Waals surface area contributed by atoms with Crippen molar-refractivity contribution in [1.82, 2.24) is 9.88 Å². The molecule has 0 radical (unpaired) electrons. The highest BCUT2D eigenvalue weighted by Gasteiger charge is 2.39. The van der Waals surface area contributed by atoms with Crippen molar-refractivity contribution in [3.8, 4) is 0 Å². The minimum absolute atomic E-state index is 0.114. The zero-order valence-corrected chi connectivity index (χ0v) is 12.2. The van der Waals surface area contributed by atoms with E-state index in [4.69, 9.17) is 5.11 Å². The molecule has 4 nitrogen and oxygen atoms in total. The molecule has 0 amide bonds. The van der Waals surface area contributed by atoms with Crippen LogP contribution in [0.4, 0.5) is 0 Å². The molecule has 0 aliphatic carbocycles. The monoisotopic (exact) mass is 280 g/mol. The quantitative estimate of drug-likeness (QED) is 0.924. The molecule has 5 heteroatoms. The van der Waals surface area contributed by atoms with Gasteiger partial charge in [0.25, 0.3) is 0 Å². The number of rotatable bonds is 3. The van der Waals surface area contributed by atoms with Gasteiger partial charge in [-0.05, 0) is 39.7 Å². The van der Waals surface area contributed by atoms with Gasteiger partial charge in [-0.3, -0.25) is 4.79 Å². The number of aromatic nitrogens is 1. The fraction of sp³-hybridized carbons (Fsp3) is 0.714. The molecule has 2 bridgehead atoms. The smallest absolute Gasteiger partial charge is 0.308 e. The van der Waals surface area contributed by atoms with Gasteiger partial charge in [0.15, 0.2) is 0 Å². The Balaban J connectivity index is 1.78. The minimum Gasteiger partial charge on any atom is -0.481 e. The summed E-state index contributed by atoms with van der Waals surface area (Å²) in [5, 5.41) is 10.1. The Labute approximate surface area is 117 Å². The van der Waals surface area contributed by atoms with Gasteiger partial charge >= 0.3 is 5.97 Å². The Hall–Kier alpha value is -0.940. The molecule has 2 aliphatic heterocycles. The molecule has 0 spiro atoms. The summed E-state index contributed by atoms with van der Waals surface area (Å²) in [4.78, 5) is 18.9. The number of nitrogens with zero attached hydrogens (tertiary/aromatic N) is 2. The first kappa shape index (κ1) is 13.1. The molecule has 19 heavy (non-hydrogen) atoms. The number of carboxylic acids is 1. The number of carboxylic acid groups (broad SMARTS) is 1. The van der Waals surface area contributed by atoms with E-state index in [0.717, 1.165) is 10.6 Å². The average molecular weight is 280 g/mol. The van der Waals surface area contributed by atoms with E-state index in [2.05, 4.69) is 16.9 Å². The van der Waals surface area contributed by atoms with Gasteiger partial charge in [-0.15, -0.1) is 11.3 Å². The van der Waals surface area contributed by atoms with Crippen molar-refractivity contribution in [1.29, 1.82) is 0 Å². The zero-order chi connectivity index (χ0) is 13.6. The molecular formula is C14H20N2O2S. The summed E-state index contributed by atoms with van der Waals surface area (Å²) >= 11 is 1.62. The zero-order valence-electron chi connectivity index (χ0n) is 11.4. The maximum absolute atomic E-state index is 10.8. The summed E-state index contributed by atoms with van der Waals surface area (Å²) in [5.74, 6) is -0.221.